The van der Waals surface area contributed by atoms with Gasteiger partial charge in [-0.3, -0.25) is 14.8 Å². The van der Waals surface area contributed by atoms with E-state index in [0.29, 0.717) is 10.2 Å². The van der Waals surface area contributed by atoms with E-state index in [0.717, 1.165) is 12.6 Å². The average molecular weight is 358 g/mol. The van der Waals surface area contributed by atoms with Gasteiger partial charge in [0.05, 0.1) is 11.0 Å². The van der Waals surface area contributed by atoms with Gasteiger partial charge in [0, 0.05) is 14.1 Å². The zero-order valence-corrected chi connectivity index (χ0v) is 13.3. The molecule has 24 heavy (non-hydrogen) atoms. The van der Waals surface area contributed by atoms with Crippen LogP contribution in [0, 0.1) is 0 Å². The van der Waals surface area contributed by atoms with E-state index >= 15 is 0 Å². The number of aryl methyl sites for hydroxylation is 2. The Labute approximate surface area is 138 Å². The normalized spacial score (nSPS) is 11.9. The van der Waals surface area contributed by atoms with Crippen LogP contribution in [0.4, 0.5) is 19.1 Å². The SMILES string of the molecule is Cn1nc(C(=O)Nc2nc3ccccc3n2C)c(Cl)c1C(F)(F)F. The lowest BCUT2D eigenvalue weighted by atomic mass is 10.3. The fourth-order valence-corrected chi connectivity index (χ4v) is 2.72. The van der Waals surface area contributed by atoms with Crippen LogP contribution in [0.2, 0.25) is 5.02 Å². The number of carbonyl (C=O) groups is 1. The van der Waals surface area contributed by atoms with Gasteiger partial charge in [0.2, 0.25) is 5.95 Å². The Morgan fingerprint density at radius 2 is 1.92 bits per heavy atom. The van der Waals surface area contributed by atoms with Gasteiger partial charge in [-0.1, -0.05) is 23.7 Å². The van der Waals surface area contributed by atoms with Crippen LogP contribution in [0.15, 0.2) is 24.3 Å². The van der Waals surface area contributed by atoms with Crippen LogP contribution in [0.1, 0.15) is 16.2 Å². The number of imidazole rings is 1. The highest BCUT2D eigenvalue weighted by molar-refractivity contribution is 6.34. The molecule has 0 saturated carbocycles. The topological polar surface area (TPSA) is 64.7 Å². The molecule has 10 heteroatoms. The standard InChI is InChI=1S/C14H11ClF3N5O/c1-22-8-6-4-3-5-7(8)19-13(22)20-12(24)10-9(15)11(14(16,17)18)23(2)21-10/h3-6H,1-2H3,(H,19,20,24). The second-order valence-electron chi connectivity index (χ2n) is 5.07. The molecule has 0 atom stereocenters. The summed E-state index contributed by atoms with van der Waals surface area (Å²) in [6, 6.07) is 7.14. The van der Waals surface area contributed by atoms with Crippen molar-refractivity contribution in [1.82, 2.24) is 19.3 Å². The summed E-state index contributed by atoms with van der Waals surface area (Å²) in [6.45, 7) is 0. The molecule has 0 radical (unpaired) electrons. The van der Waals surface area contributed by atoms with Gasteiger partial charge in [-0.05, 0) is 12.1 Å². The molecule has 1 amide bonds. The quantitative estimate of drug-likeness (QED) is 0.765. The van der Waals surface area contributed by atoms with Gasteiger partial charge in [-0.25, -0.2) is 4.98 Å². The van der Waals surface area contributed by atoms with E-state index in [1.165, 1.54) is 0 Å². The van der Waals surface area contributed by atoms with Crippen LogP contribution in [-0.2, 0) is 20.3 Å². The van der Waals surface area contributed by atoms with Crippen molar-refractivity contribution in [2.45, 2.75) is 6.18 Å². The number of nitrogens with zero attached hydrogens (tertiary/aromatic N) is 4. The van der Waals surface area contributed by atoms with Crippen molar-refractivity contribution in [1.29, 1.82) is 0 Å². The lowest BCUT2D eigenvalue weighted by Crippen LogP contribution is -2.16. The third-order valence-electron chi connectivity index (χ3n) is 3.49. The molecule has 0 saturated heterocycles. The highest BCUT2D eigenvalue weighted by Gasteiger charge is 2.40. The largest absolute Gasteiger partial charge is 0.434 e. The number of halogens is 4. The molecule has 126 valence electrons. The molecule has 0 spiro atoms. The Morgan fingerprint density at radius 3 is 2.50 bits per heavy atom. The van der Waals surface area contributed by atoms with Gasteiger partial charge in [-0.15, -0.1) is 0 Å². The number of hydrogen-bond acceptors (Lipinski definition) is 3. The number of benzene rings is 1. The maximum Gasteiger partial charge on any atom is 0.434 e. The van der Waals surface area contributed by atoms with E-state index in [-0.39, 0.29) is 5.95 Å². The smallest absolute Gasteiger partial charge is 0.313 e. The molecule has 1 aromatic carbocycles. The fourth-order valence-electron chi connectivity index (χ4n) is 2.37. The van der Waals surface area contributed by atoms with Crippen molar-refractivity contribution in [3.05, 3.63) is 40.7 Å². The first kappa shape index (κ1) is 16.3. The molecule has 2 aromatic heterocycles. The predicted octanol–water partition coefficient (Wildman–Crippen LogP) is 3.23. The molecule has 0 aliphatic rings. The number of amides is 1. The summed E-state index contributed by atoms with van der Waals surface area (Å²) in [5.74, 6) is -0.694. The van der Waals surface area contributed by atoms with Crippen LogP contribution < -0.4 is 5.32 Å². The number of aromatic nitrogens is 4. The van der Waals surface area contributed by atoms with E-state index in [4.69, 9.17) is 11.6 Å². The summed E-state index contributed by atoms with van der Waals surface area (Å²) in [5, 5.41) is 5.26. The Bertz CT molecular complexity index is 944. The molecule has 1 N–H and O–H groups in total. The van der Waals surface area contributed by atoms with Gasteiger partial charge in [0.15, 0.2) is 11.4 Å². The van der Waals surface area contributed by atoms with Gasteiger partial charge in [-0.2, -0.15) is 18.3 Å². The molecule has 6 nitrogen and oxygen atoms in total. The Morgan fingerprint density at radius 1 is 1.25 bits per heavy atom. The molecular formula is C14H11ClF3N5O. The van der Waals surface area contributed by atoms with E-state index in [1.807, 2.05) is 0 Å². The maximum absolute atomic E-state index is 12.9. The van der Waals surface area contributed by atoms with Gasteiger partial charge >= 0.3 is 6.18 Å². The monoisotopic (exact) mass is 357 g/mol. The Hall–Kier alpha value is -2.55. The Kier molecular flexibility index (Phi) is 3.75. The zero-order chi connectivity index (χ0) is 17.6. The summed E-state index contributed by atoms with van der Waals surface area (Å²) in [4.78, 5) is 16.5. The molecule has 0 aliphatic carbocycles. The molecule has 0 aliphatic heterocycles. The fraction of sp³-hybridized carbons (Fsp3) is 0.214. The number of nitrogens with one attached hydrogen (secondary N) is 1. The first-order valence-electron chi connectivity index (χ1n) is 6.72. The molecule has 0 fully saturated rings. The van der Waals surface area contributed by atoms with Crippen LogP contribution in [0.3, 0.4) is 0 Å². The molecular weight excluding hydrogens is 347 g/mol. The minimum atomic E-state index is -4.71. The van der Waals surface area contributed by atoms with Crippen LogP contribution >= 0.6 is 11.6 Å². The van der Waals surface area contributed by atoms with Crippen molar-refractivity contribution in [2.75, 3.05) is 5.32 Å². The van der Waals surface area contributed by atoms with Crippen LogP contribution in [-0.4, -0.2) is 25.2 Å². The molecule has 3 aromatic rings. The second kappa shape index (κ2) is 5.52. The summed E-state index contributed by atoms with van der Waals surface area (Å²) in [7, 11) is 2.74. The average Bonchev–Trinajstić information content (AvgIpc) is 2.96. The molecule has 3 rings (SSSR count). The lowest BCUT2D eigenvalue weighted by molar-refractivity contribution is -0.143. The van der Waals surface area contributed by atoms with Crippen LogP contribution in [0.25, 0.3) is 11.0 Å². The molecule has 2 heterocycles. The van der Waals surface area contributed by atoms with Gasteiger partial charge in [0.1, 0.15) is 5.02 Å². The third kappa shape index (κ3) is 2.60. The number of anilines is 1. The first-order chi connectivity index (χ1) is 11.2. The van der Waals surface area contributed by atoms with E-state index in [1.54, 1.807) is 35.9 Å². The number of alkyl halides is 3. The third-order valence-corrected chi connectivity index (χ3v) is 3.84. The van der Waals surface area contributed by atoms with Crippen molar-refractivity contribution < 1.29 is 18.0 Å². The maximum atomic E-state index is 12.9. The van der Waals surface area contributed by atoms with Crippen molar-refractivity contribution in [2.24, 2.45) is 14.1 Å². The number of carbonyl (C=O) groups excluding carboxylic acids is 1. The number of hydrogen-bond donors (Lipinski definition) is 1. The van der Waals surface area contributed by atoms with Crippen LogP contribution in [0.5, 0.6) is 0 Å². The summed E-state index contributed by atoms with van der Waals surface area (Å²) >= 11 is 5.70. The van der Waals surface area contributed by atoms with E-state index in [2.05, 4.69) is 15.4 Å². The van der Waals surface area contributed by atoms with Crippen molar-refractivity contribution in [3.8, 4) is 0 Å². The lowest BCUT2D eigenvalue weighted by Gasteiger charge is -2.06. The number of fused-ring (bicyclic) bond motifs is 1. The highest BCUT2D eigenvalue weighted by Crippen LogP contribution is 2.36. The first-order valence-corrected chi connectivity index (χ1v) is 7.10. The van der Waals surface area contributed by atoms with Crippen molar-refractivity contribution >= 4 is 34.5 Å². The van der Waals surface area contributed by atoms with Gasteiger partial charge in [0.25, 0.3) is 5.91 Å². The highest BCUT2D eigenvalue weighted by atomic mass is 35.5. The predicted molar refractivity (Wildman–Crippen MR) is 81.9 cm³/mol. The minimum absolute atomic E-state index is 0.177. The minimum Gasteiger partial charge on any atom is -0.313 e. The molecule has 0 unspecified atom stereocenters. The van der Waals surface area contributed by atoms with Gasteiger partial charge < -0.3 is 4.57 Å². The van der Waals surface area contributed by atoms with E-state index in [9.17, 15) is 18.0 Å². The summed E-state index contributed by atoms with van der Waals surface area (Å²) in [5.41, 5.74) is -0.299. The second-order valence-corrected chi connectivity index (χ2v) is 5.45. The number of para-hydroxylation sites is 2. The summed E-state index contributed by atoms with van der Waals surface area (Å²) in [6.07, 6.45) is -4.71. The summed E-state index contributed by atoms with van der Waals surface area (Å²) < 4.78 is 40.9. The Balaban J connectivity index is 1.97. The van der Waals surface area contributed by atoms with Crippen molar-refractivity contribution in [3.63, 3.8) is 0 Å². The number of rotatable bonds is 2. The molecule has 0 bridgehead atoms. The zero-order valence-electron chi connectivity index (χ0n) is 12.5. The van der Waals surface area contributed by atoms with E-state index < -0.39 is 28.5 Å².